The van der Waals surface area contributed by atoms with Crippen molar-refractivity contribution < 1.29 is 24.6 Å². The molecule has 2 N–H and O–H groups in total. The van der Waals surface area contributed by atoms with Crippen molar-refractivity contribution >= 4 is 62.8 Å². The zero-order valence-electron chi connectivity index (χ0n) is 17.4. The van der Waals surface area contributed by atoms with E-state index in [4.69, 9.17) is 11.6 Å². The Hall–Kier alpha value is -1.55. The average molecular weight is 544 g/mol. The molecule has 1 aromatic carbocycles. The van der Waals surface area contributed by atoms with Gasteiger partial charge >= 0.3 is 5.97 Å². The van der Waals surface area contributed by atoms with E-state index >= 15 is 0 Å². The molecule has 0 aromatic heterocycles. The van der Waals surface area contributed by atoms with Gasteiger partial charge in [0.05, 0.1) is 29.2 Å². The van der Waals surface area contributed by atoms with E-state index in [0.717, 1.165) is 0 Å². The quantitative estimate of drug-likeness (QED) is 0.405. The lowest BCUT2D eigenvalue weighted by Crippen LogP contribution is -2.57. The molecule has 0 radical (unpaired) electrons. The number of rotatable bonds is 7. The van der Waals surface area contributed by atoms with Crippen LogP contribution < -0.4 is 4.90 Å². The number of aliphatic hydroxyl groups excluding tert-OH is 1. The number of carbonyl (C=O) groups excluding carboxylic acids is 2. The van der Waals surface area contributed by atoms with E-state index in [1.165, 1.54) is 16.7 Å². The summed E-state index contributed by atoms with van der Waals surface area (Å²) in [5.41, 5.74) is 0.603. The van der Waals surface area contributed by atoms with Crippen LogP contribution in [0.25, 0.3) is 0 Å². The number of likely N-dealkylation sites (tertiary alicyclic amines) is 1. The summed E-state index contributed by atoms with van der Waals surface area (Å²) < 4.78 is -0.884. The van der Waals surface area contributed by atoms with E-state index in [2.05, 4.69) is 22.5 Å². The molecule has 2 bridgehead atoms. The van der Waals surface area contributed by atoms with Crippen LogP contribution >= 0.6 is 39.3 Å². The van der Waals surface area contributed by atoms with E-state index in [1.807, 2.05) is 0 Å². The Bertz CT molecular complexity index is 962. The molecule has 3 aliphatic rings. The number of anilines is 1. The Morgan fingerprint density at radius 2 is 2.09 bits per heavy atom. The number of fused-ring (bicyclic) bond motifs is 1. The summed E-state index contributed by atoms with van der Waals surface area (Å²) in [7, 11) is 0. The van der Waals surface area contributed by atoms with Crippen molar-refractivity contribution in [3.63, 3.8) is 0 Å². The van der Waals surface area contributed by atoms with Crippen LogP contribution in [0.5, 0.6) is 0 Å². The molecule has 1 aromatic rings. The van der Waals surface area contributed by atoms with Crippen molar-refractivity contribution in [1.29, 1.82) is 0 Å². The summed E-state index contributed by atoms with van der Waals surface area (Å²) in [5.74, 6) is -3.43. The number of aliphatic carboxylic acids is 1. The number of carboxylic acid groups (broad SMARTS) is 1. The standard InChI is InChI=1S/C22H24BrClN2O5S/c1-3-8-25(13-6-4-12(24)5-7-13)20(29)18-22-9-14(23)17(32-22)15(21(30)31)16(22)19(28)26(18)11(2)10-27/h3-7,11,14-18,27H,1,8-10H2,2H3,(H,30,31)/t11-,14?,15+,16+,17+,18?,22?/m1/s1. The van der Waals surface area contributed by atoms with Crippen molar-refractivity contribution in [3.05, 3.63) is 41.9 Å². The van der Waals surface area contributed by atoms with Crippen molar-refractivity contribution in [3.8, 4) is 0 Å². The number of nitrogens with zero attached hydrogens (tertiary/aromatic N) is 2. The minimum Gasteiger partial charge on any atom is -0.481 e. The van der Waals surface area contributed by atoms with Crippen molar-refractivity contribution in [2.75, 3.05) is 18.1 Å². The van der Waals surface area contributed by atoms with Gasteiger partial charge in [0, 0.05) is 27.3 Å². The van der Waals surface area contributed by atoms with Gasteiger partial charge in [-0.3, -0.25) is 14.4 Å². The molecule has 172 valence electrons. The van der Waals surface area contributed by atoms with E-state index in [9.17, 15) is 24.6 Å². The highest BCUT2D eigenvalue weighted by Gasteiger charge is 2.76. The first-order chi connectivity index (χ1) is 15.2. The van der Waals surface area contributed by atoms with Gasteiger partial charge < -0.3 is 20.0 Å². The minimum absolute atomic E-state index is 0.124. The molecule has 10 heteroatoms. The van der Waals surface area contributed by atoms with Gasteiger partial charge in [-0.15, -0.1) is 18.3 Å². The summed E-state index contributed by atoms with van der Waals surface area (Å²) >= 11 is 11.1. The first-order valence-electron chi connectivity index (χ1n) is 10.3. The number of amides is 2. The highest BCUT2D eigenvalue weighted by Crippen LogP contribution is 2.68. The molecule has 3 unspecified atom stereocenters. The van der Waals surface area contributed by atoms with Gasteiger partial charge in [0.25, 0.3) is 5.91 Å². The topological polar surface area (TPSA) is 98.2 Å². The number of hydrogen-bond donors (Lipinski definition) is 2. The molecule has 7 atom stereocenters. The van der Waals surface area contributed by atoms with E-state index in [0.29, 0.717) is 17.1 Å². The second-order valence-corrected chi connectivity index (χ2v) is 11.6. The molecule has 1 spiro atoms. The highest BCUT2D eigenvalue weighted by molar-refractivity contribution is 9.09. The number of alkyl halides is 1. The fraction of sp³-hybridized carbons (Fsp3) is 0.500. The molecule has 7 nitrogen and oxygen atoms in total. The third-order valence-electron chi connectivity index (χ3n) is 6.70. The van der Waals surface area contributed by atoms with Crippen LogP contribution in [0.1, 0.15) is 13.3 Å². The van der Waals surface area contributed by atoms with Gasteiger partial charge in [0.15, 0.2) is 0 Å². The van der Waals surface area contributed by atoms with Crippen LogP contribution in [0, 0.1) is 11.8 Å². The first kappa shape index (κ1) is 23.6. The van der Waals surface area contributed by atoms with Crippen LogP contribution in [-0.2, 0) is 14.4 Å². The molecule has 0 saturated carbocycles. The molecule has 0 aliphatic carbocycles. The SMILES string of the molecule is C=CCN(C(=O)C1N([C@H](C)CO)C(=O)[C@@H]2[C@H](C(=O)O)[C@H]3SC12CC3Br)c1ccc(Cl)cc1. The molecule has 3 aliphatic heterocycles. The maximum atomic E-state index is 14.1. The molecule has 3 fully saturated rings. The zero-order valence-corrected chi connectivity index (χ0v) is 20.5. The number of thioether (sulfide) groups is 1. The van der Waals surface area contributed by atoms with Crippen LogP contribution in [-0.4, -0.2) is 73.0 Å². The van der Waals surface area contributed by atoms with Gasteiger partial charge in [-0.25, -0.2) is 0 Å². The average Bonchev–Trinajstić information content (AvgIpc) is 3.35. The zero-order chi connectivity index (χ0) is 23.4. The Balaban J connectivity index is 1.83. The fourth-order valence-electron chi connectivity index (χ4n) is 5.41. The number of hydrogen-bond acceptors (Lipinski definition) is 5. The van der Waals surface area contributed by atoms with Crippen LogP contribution in [0.2, 0.25) is 5.02 Å². The second kappa shape index (κ2) is 8.66. The summed E-state index contributed by atoms with van der Waals surface area (Å²) in [6, 6.07) is 5.28. The van der Waals surface area contributed by atoms with Crippen molar-refractivity contribution in [1.82, 2.24) is 4.90 Å². The Kier molecular flexibility index (Phi) is 6.39. The molecular weight excluding hydrogens is 520 g/mol. The highest BCUT2D eigenvalue weighted by atomic mass is 79.9. The Morgan fingerprint density at radius 1 is 1.44 bits per heavy atom. The summed E-state index contributed by atoms with van der Waals surface area (Å²) in [5, 5.41) is 20.1. The maximum Gasteiger partial charge on any atom is 0.308 e. The van der Waals surface area contributed by atoms with Gasteiger partial charge in [0.2, 0.25) is 5.91 Å². The van der Waals surface area contributed by atoms with E-state index < -0.39 is 34.6 Å². The first-order valence-corrected chi connectivity index (χ1v) is 12.5. The van der Waals surface area contributed by atoms with Crippen LogP contribution in [0.4, 0.5) is 5.69 Å². The smallest absolute Gasteiger partial charge is 0.308 e. The molecule has 32 heavy (non-hydrogen) atoms. The molecular formula is C22H24BrClN2O5S. The number of halogens is 2. The lowest BCUT2D eigenvalue weighted by Gasteiger charge is -2.39. The largest absolute Gasteiger partial charge is 0.481 e. The predicted molar refractivity (Wildman–Crippen MR) is 127 cm³/mol. The summed E-state index contributed by atoms with van der Waals surface area (Å²) in [4.78, 5) is 42.7. The van der Waals surface area contributed by atoms with Crippen molar-refractivity contribution in [2.45, 2.75) is 40.3 Å². The van der Waals surface area contributed by atoms with Gasteiger partial charge in [0.1, 0.15) is 6.04 Å². The molecule has 3 heterocycles. The summed E-state index contributed by atoms with van der Waals surface area (Å²) in [6.45, 7) is 5.32. The number of aliphatic hydroxyl groups is 1. The van der Waals surface area contributed by atoms with Crippen LogP contribution in [0.3, 0.4) is 0 Å². The fourth-order valence-corrected chi connectivity index (χ4v) is 9.12. The van der Waals surface area contributed by atoms with Gasteiger partial charge in [-0.2, -0.15) is 0 Å². The van der Waals surface area contributed by atoms with Crippen LogP contribution in [0.15, 0.2) is 36.9 Å². The second-order valence-electron chi connectivity index (χ2n) is 8.49. The van der Waals surface area contributed by atoms with E-state index in [-0.39, 0.29) is 35.0 Å². The monoisotopic (exact) mass is 542 g/mol. The molecule has 2 amide bonds. The van der Waals surface area contributed by atoms with Crippen molar-refractivity contribution in [2.24, 2.45) is 11.8 Å². The Morgan fingerprint density at radius 3 is 2.66 bits per heavy atom. The van der Waals surface area contributed by atoms with Gasteiger partial charge in [-0.1, -0.05) is 33.6 Å². The molecule has 3 saturated heterocycles. The van der Waals surface area contributed by atoms with E-state index in [1.54, 1.807) is 42.2 Å². The lowest BCUT2D eigenvalue weighted by atomic mass is 9.71. The normalized spacial score (nSPS) is 33.8. The number of carboxylic acids is 1. The van der Waals surface area contributed by atoms with Gasteiger partial charge in [-0.05, 0) is 37.6 Å². The third kappa shape index (κ3) is 3.40. The molecule has 4 rings (SSSR count). The predicted octanol–water partition coefficient (Wildman–Crippen LogP) is 2.79. The third-order valence-corrected chi connectivity index (χ3v) is 10.2. The number of carbonyl (C=O) groups is 3. The minimum atomic E-state index is -1.03. The maximum absolute atomic E-state index is 14.1. The number of benzene rings is 1. The summed E-state index contributed by atoms with van der Waals surface area (Å²) in [6.07, 6.45) is 2.10. The lowest BCUT2D eigenvalue weighted by molar-refractivity contribution is -0.149. The Labute approximate surface area is 203 Å².